The van der Waals surface area contributed by atoms with Crippen molar-refractivity contribution in [1.82, 2.24) is 10.2 Å². The lowest BCUT2D eigenvalue weighted by Gasteiger charge is -2.34. The first-order valence-electron chi connectivity index (χ1n) is 7.52. The van der Waals surface area contributed by atoms with Gasteiger partial charge in [0.1, 0.15) is 0 Å². The molecule has 0 saturated heterocycles. The molecule has 1 heterocycles. The maximum atomic E-state index is 5.45. The first kappa shape index (κ1) is 13.7. The van der Waals surface area contributed by atoms with Gasteiger partial charge in [-0.15, -0.1) is 0 Å². The number of benzene rings is 1. The molecule has 2 aliphatic rings. The Bertz CT molecular complexity index is 456. The van der Waals surface area contributed by atoms with Gasteiger partial charge in [-0.3, -0.25) is 4.90 Å². The van der Waals surface area contributed by atoms with E-state index in [1.54, 1.807) is 0 Å². The predicted molar refractivity (Wildman–Crippen MR) is 79.1 cm³/mol. The van der Waals surface area contributed by atoms with Crippen LogP contribution in [-0.2, 0) is 6.54 Å². The Kier molecular flexibility index (Phi) is 4.13. The number of hydrogen-bond acceptors (Lipinski definition) is 4. The number of nitrogens with one attached hydrogen (secondary N) is 1. The van der Waals surface area contributed by atoms with Crippen LogP contribution in [0.15, 0.2) is 18.2 Å². The minimum atomic E-state index is 0.350. The van der Waals surface area contributed by atoms with E-state index in [-0.39, 0.29) is 0 Å². The van der Waals surface area contributed by atoms with Gasteiger partial charge >= 0.3 is 0 Å². The largest absolute Gasteiger partial charge is 0.454 e. The van der Waals surface area contributed by atoms with E-state index in [1.165, 1.54) is 31.2 Å². The second-order valence-electron chi connectivity index (χ2n) is 5.90. The molecule has 110 valence electrons. The van der Waals surface area contributed by atoms with Crippen molar-refractivity contribution >= 4 is 0 Å². The lowest BCUT2D eigenvalue weighted by molar-refractivity contribution is 0.169. The third-order valence-electron chi connectivity index (χ3n) is 4.60. The highest BCUT2D eigenvalue weighted by molar-refractivity contribution is 5.44. The van der Waals surface area contributed by atoms with Gasteiger partial charge in [0.2, 0.25) is 6.79 Å². The van der Waals surface area contributed by atoms with Crippen LogP contribution >= 0.6 is 0 Å². The van der Waals surface area contributed by atoms with Crippen LogP contribution in [0.4, 0.5) is 0 Å². The lowest BCUT2D eigenvalue weighted by Crippen LogP contribution is -2.39. The van der Waals surface area contributed by atoms with Gasteiger partial charge in [0, 0.05) is 18.6 Å². The van der Waals surface area contributed by atoms with E-state index in [1.807, 2.05) is 6.07 Å². The average Bonchev–Trinajstić information content (AvgIpc) is 2.95. The van der Waals surface area contributed by atoms with Gasteiger partial charge in [0.15, 0.2) is 11.5 Å². The molecule has 4 heteroatoms. The summed E-state index contributed by atoms with van der Waals surface area (Å²) in [6.07, 6.45) is 5.14. The lowest BCUT2D eigenvalue weighted by atomic mass is 9.90. The molecule has 1 fully saturated rings. The first-order valence-corrected chi connectivity index (χ1v) is 7.52. The number of nitrogens with zero attached hydrogens (tertiary/aromatic N) is 1. The fraction of sp³-hybridized carbons (Fsp3) is 0.625. The van der Waals surface area contributed by atoms with Crippen molar-refractivity contribution in [3.05, 3.63) is 23.8 Å². The van der Waals surface area contributed by atoms with E-state index in [0.29, 0.717) is 18.9 Å². The maximum absolute atomic E-state index is 5.45. The van der Waals surface area contributed by atoms with Crippen LogP contribution in [0.3, 0.4) is 0 Å². The fourth-order valence-electron chi connectivity index (χ4n) is 3.26. The summed E-state index contributed by atoms with van der Waals surface area (Å²) >= 11 is 0. The zero-order valence-corrected chi connectivity index (χ0v) is 12.4. The topological polar surface area (TPSA) is 33.7 Å². The van der Waals surface area contributed by atoms with E-state index in [4.69, 9.17) is 9.47 Å². The Morgan fingerprint density at radius 1 is 1.15 bits per heavy atom. The van der Waals surface area contributed by atoms with Gasteiger partial charge in [-0.25, -0.2) is 0 Å². The Morgan fingerprint density at radius 3 is 2.65 bits per heavy atom. The van der Waals surface area contributed by atoms with E-state index in [9.17, 15) is 0 Å². The quantitative estimate of drug-likeness (QED) is 0.915. The Hall–Kier alpha value is -1.26. The molecule has 0 radical (unpaired) electrons. The summed E-state index contributed by atoms with van der Waals surface area (Å²) in [6.45, 7) is 1.33. The molecular formula is C16H24N2O2. The Labute approximate surface area is 121 Å². The highest BCUT2D eigenvalue weighted by Crippen LogP contribution is 2.33. The Balaban J connectivity index is 1.57. The molecule has 0 atom stereocenters. The molecule has 20 heavy (non-hydrogen) atoms. The third kappa shape index (κ3) is 2.91. The summed E-state index contributed by atoms with van der Waals surface area (Å²) in [4.78, 5) is 2.48. The van der Waals surface area contributed by atoms with E-state index >= 15 is 0 Å². The average molecular weight is 276 g/mol. The first-order chi connectivity index (χ1) is 9.76. The highest BCUT2D eigenvalue weighted by Gasteiger charge is 2.23. The molecule has 0 aromatic heterocycles. The van der Waals surface area contributed by atoms with E-state index < -0.39 is 0 Å². The van der Waals surface area contributed by atoms with Crippen molar-refractivity contribution in [2.24, 2.45) is 0 Å². The molecule has 0 unspecified atom stereocenters. The van der Waals surface area contributed by atoms with Crippen molar-refractivity contribution in [2.45, 2.75) is 44.3 Å². The molecular weight excluding hydrogens is 252 g/mol. The second-order valence-corrected chi connectivity index (χ2v) is 5.90. The van der Waals surface area contributed by atoms with Crippen LogP contribution in [0.1, 0.15) is 31.2 Å². The van der Waals surface area contributed by atoms with Crippen LogP contribution in [0, 0.1) is 0 Å². The standard InChI is InChI=1S/C16H24N2O2/c1-17-13-4-6-14(7-5-13)18(2)10-12-3-8-15-16(9-12)20-11-19-15/h3,8-9,13-14,17H,4-7,10-11H2,1-2H3. The zero-order chi connectivity index (χ0) is 13.9. The molecule has 1 aromatic rings. The molecule has 0 amide bonds. The van der Waals surface area contributed by atoms with Gasteiger partial charge in [0.25, 0.3) is 0 Å². The fourth-order valence-corrected chi connectivity index (χ4v) is 3.26. The minimum Gasteiger partial charge on any atom is -0.454 e. The van der Waals surface area contributed by atoms with Gasteiger partial charge in [0.05, 0.1) is 0 Å². The summed E-state index contributed by atoms with van der Waals surface area (Å²) in [7, 11) is 4.30. The molecule has 0 spiro atoms. The molecule has 1 aliphatic heterocycles. The number of hydrogen-bond donors (Lipinski definition) is 1. The van der Waals surface area contributed by atoms with Crippen LogP contribution in [0.5, 0.6) is 11.5 Å². The van der Waals surface area contributed by atoms with Gasteiger partial charge in [-0.05, 0) is 57.5 Å². The van der Waals surface area contributed by atoms with E-state index in [2.05, 4.69) is 36.4 Å². The molecule has 1 saturated carbocycles. The Morgan fingerprint density at radius 2 is 1.90 bits per heavy atom. The molecule has 1 aliphatic carbocycles. The molecule has 1 aromatic carbocycles. The smallest absolute Gasteiger partial charge is 0.231 e. The molecule has 1 N–H and O–H groups in total. The van der Waals surface area contributed by atoms with Gasteiger partial charge < -0.3 is 14.8 Å². The molecule has 0 bridgehead atoms. The van der Waals surface area contributed by atoms with Crippen LogP contribution in [-0.4, -0.2) is 37.9 Å². The van der Waals surface area contributed by atoms with Crippen molar-refractivity contribution in [3.63, 3.8) is 0 Å². The zero-order valence-electron chi connectivity index (χ0n) is 12.4. The van der Waals surface area contributed by atoms with Crippen molar-refractivity contribution in [3.8, 4) is 11.5 Å². The number of rotatable bonds is 4. The van der Waals surface area contributed by atoms with Crippen molar-refractivity contribution in [2.75, 3.05) is 20.9 Å². The summed E-state index contributed by atoms with van der Waals surface area (Å²) in [5.74, 6) is 1.75. The predicted octanol–water partition coefficient (Wildman–Crippen LogP) is 2.38. The van der Waals surface area contributed by atoms with Gasteiger partial charge in [-0.2, -0.15) is 0 Å². The maximum Gasteiger partial charge on any atom is 0.231 e. The monoisotopic (exact) mass is 276 g/mol. The number of fused-ring (bicyclic) bond motifs is 1. The van der Waals surface area contributed by atoms with E-state index in [0.717, 1.165) is 18.0 Å². The van der Waals surface area contributed by atoms with Crippen molar-refractivity contribution < 1.29 is 9.47 Å². The summed E-state index contributed by atoms with van der Waals surface area (Å²) in [5, 5.41) is 3.39. The normalized spacial score (nSPS) is 25.1. The second kappa shape index (κ2) is 6.02. The highest BCUT2D eigenvalue weighted by atomic mass is 16.7. The van der Waals surface area contributed by atoms with Gasteiger partial charge in [-0.1, -0.05) is 6.07 Å². The summed E-state index contributed by atoms with van der Waals surface area (Å²) in [5.41, 5.74) is 1.30. The minimum absolute atomic E-state index is 0.350. The summed E-state index contributed by atoms with van der Waals surface area (Å²) < 4.78 is 10.8. The SMILES string of the molecule is CNC1CCC(N(C)Cc2ccc3c(c2)OCO3)CC1. The third-order valence-corrected chi connectivity index (χ3v) is 4.60. The summed E-state index contributed by atoms with van der Waals surface area (Å²) in [6, 6.07) is 7.68. The number of ether oxygens (including phenoxy) is 2. The molecule has 3 rings (SSSR count). The van der Waals surface area contributed by atoms with Crippen molar-refractivity contribution in [1.29, 1.82) is 0 Å². The molecule has 4 nitrogen and oxygen atoms in total. The van der Waals surface area contributed by atoms with Crippen LogP contribution in [0.25, 0.3) is 0 Å². The van der Waals surface area contributed by atoms with Crippen LogP contribution < -0.4 is 14.8 Å². The van der Waals surface area contributed by atoms with Crippen LogP contribution in [0.2, 0.25) is 0 Å².